The van der Waals surface area contributed by atoms with Crippen molar-refractivity contribution in [2.45, 2.75) is 26.2 Å². The highest BCUT2D eigenvalue weighted by Gasteiger charge is 2.14. The van der Waals surface area contributed by atoms with E-state index in [9.17, 15) is 0 Å². The number of likely N-dealkylation sites (N-methyl/N-ethyl adjacent to an activating group) is 1. The first-order valence-electron chi connectivity index (χ1n) is 10.6. The lowest BCUT2D eigenvalue weighted by atomic mass is 10.2. The second-order valence-electron chi connectivity index (χ2n) is 7.73. The minimum atomic E-state index is 0.602. The molecule has 1 saturated heterocycles. The number of hydrogen-bond donors (Lipinski definition) is 3. The van der Waals surface area contributed by atoms with Gasteiger partial charge in [0.25, 0.3) is 0 Å². The minimum absolute atomic E-state index is 0.602. The molecule has 1 aromatic carbocycles. The van der Waals surface area contributed by atoms with Gasteiger partial charge in [0.1, 0.15) is 11.5 Å². The molecule has 1 aliphatic heterocycles. The highest BCUT2D eigenvalue weighted by Crippen LogP contribution is 2.24. The van der Waals surface area contributed by atoms with E-state index in [2.05, 4.69) is 68.6 Å². The molecule has 154 valence electrons. The van der Waals surface area contributed by atoms with Crippen LogP contribution in [0.3, 0.4) is 0 Å². The van der Waals surface area contributed by atoms with E-state index in [1.165, 1.54) is 18.5 Å². The second-order valence-corrected chi connectivity index (χ2v) is 7.73. The summed E-state index contributed by atoms with van der Waals surface area (Å²) in [7, 11) is 2.18. The Hall–Kier alpha value is -2.80. The average molecular weight is 394 g/mol. The fraction of sp³-hybridized carbons (Fsp3) is 0.455. The number of unbranched alkanes of at least 4 members (excludes halogenated alkanes) is 2. The van der Waals surface area contributed by atoms with E-state index in [1.54, 1.807) is 0 Å². The maximum absolute atomic E-state index is 4.72. The molecule has 7 nitrogen and oxygen atoms in total. The highest BCUT2D eigenvalue weighted by atomic mass is 15.2. The number of piperazine rings is 1. The van der Waals surface area contributed by atoms with Gasteiger partial charge in [0.2, 0.25) is 5.95 Å². The van der Waals surface area contributed by atoms with Crippen LogP contribution in [0.2, 0.25) is 0 Å². The Bertz CT molecular complexity index is 911. The first-order valence-corrected chi connectivity index (χ1v) is 10.6. The van der Waals surface area contributed by atoms with E-state index in [-0.39, 0.29) is 0 Å². The van der Waals surface area contributed by atoms with Crippen molar-refractivity contribution in [2.24, 2.45) is 0 Å². The van der Waals surface area contributed by atoms with Crippen LogP contribution < -0.4 is 15.5 Å². The Labute approximate surface area is 172 Å². The van der Waals surface area contributed by atoms with Crippen LogP contribution in [0, 0.1) is 0 Å². The normalized spacial score (nSPS) is 15.0. The maximum atomic E-state index is 4.72. The summed E-state index contributed by atoms with van der Waals surface area (Å²) in [5.41, 5.74) is 3.10. The number of benzene rings is 1. The van der Waals surface area contributed by atoms with Crippen LogP contribution in [0.1, 0.15) is 26.2 Å². The van der Waals surface area contributed by atoms with E-state index in [0.717, 1.165) is 61.7 Å². The summed E-state index contributed by atoms with van der Waals surface area (Å²) in [6.45, 7) is 7.50. The van der Waals surface area contributed by atoms with Crippen molar-refractivity contribution >= 4 is 34.2 Å². The van der Waals surface area contributed by atoms with Gasteiger partial charge in [-0.2, -0.15) is 9.97 Å². The SMILES string of the molecule is CCCCCNc1nc(Nc2ccc(N3CCN(C)CC3)cc2)nc2[nH]ccc12. The van der Waals surface area contributed by atoms with E-state index in [4.69, 9.17) is 4.98 Å². The van der Waals surface area contributed by atoms with Crippen LogP contribution in [-0.2, 0) is 0 Å². The van der Waals surface area contributed by atoms with Crippen molar-refractivity contribution in [1.82, 2.24) is 19.9 Å². The third-order valence-electron chi connectivity index (χ3n) is 5.48. The van der Waals surface area contributed by atoms with Gasteiger partial charge in [-0.3, -0.25) is 0 Å². The average Bonchev–Trinajstić information content (AvgIpc) is 3.21. The zero-order valence-electron chi connectivity index (χ0n) is 17.4. The van der Waals surface area contributed by atoms with Gasteiger partial charge in [-0.15, -0.1) is 0 Å². The second kappa shape index (κ2) is 9.13. The monoisotopic (exact) mass is 393 g/mol. The van der Waals surface area contributed by atoms with Gasteiger partial charge >= 0.3 is 0 Å². The van der Waals surface area contributed by atoms with E-state index >= 15 is 0 Å². The summed E-state index contributed by atoms with van der Waals surface area (Å²) in [4.78, 5) is 17.3. The standard InChI is InChI=1S/C22H31N7/c1-3-4-5-11-23-20-19-10-12-24-21(19)27-22(26-20)25-17-6-8-18(9-7-17)29-15-13-28(2)14-16-29/h6-10,12H,3-5,11,13-16H2,1-2H3,(H3,23,24,25,26,27). The molecule has 4 rings (SSSR count). The molecular weight excluding hydrogens is 362 g/mol. The lowest BCUT2D eigenvalue weighted by Crippen LogP contribution is -2.44. The molecule has 0 saturated carbocycles. The number of anilines is 4. The third-order valence-corrected chi connectivity index (χ3v) is 5.48. The van der Waals surface area contributed by atoms with Crippen molar-refractivity contribution < 1.29 is 0 Å². The Balaban J connectivity index is 1.45. The van der Waals surface area contributed by atoms with Gasteiger partial charge in [0, 0.05) is 50.3 Å². The van der Waals surface area contributed by atoms with E-state index < -0.39 is 0 Å². The fourth-order valence-corrected chi connectivity index (χ4v) is 3.66. The first-order chi connectivity index (χ1) is 14.2. The van der Waals surface area contributed by atoms with Crippen molar-refractivity contribution in [3.05, 3.63) is 36.5 Å². The molecule has 2 aromatic heterocycles. The number of nitrogens with one attached hydrogen (secondary N) is 3. The summed E-state index contributed by atoms with van der Waals surface area (Å²) in [5, 5.41) is 7.85. The summed E-state index contributed by atoms with van der Waals surface area (Å²) < 4.78 is 0. The first kappa shape index (κ1) is 19.5. The largest absolute Gasteiger partial charge is 0.369 e. The Morgan fingerprint density at radius 1 is 1.00 bits per heavy atom. The predicted molar refractivity (Wildman–Crippen MR) is 121 cm³/mol. The molecule has 1 aliphatic rings. The zero-order chi connectivity index (χ0) is 20.1. The van der Waals surface area contributed by atoms with Crippen molar-refractivity contribution in [2.75, 3.05) is 55.3 Å². The van der Waals surface area contributed by atoms with Crippen LogP contribution in [0.15, 0.2) is 36.5 Å². The summed E-state index contributed by atoms with van der Waals surface area (Å²) >= 11 is 0. The molecule has 7 heteroatoms. The molecule has 0 radical (unpaired) electrons. The van der Waals surface area contributed by atoms with Gasteiger partial charge < -0.3 is 25.4 Å². The van der Waals surface area contributed by atoms with Gasteiger partial charge in [-0.05, 0) is 43.8 Å². The zero-order valence-corrected chi connectivity index (χ0v) is 17.4. The number of fused-ring (bicyclic) bond motifs is 1. The van der Waals surface area contributed by atoms with E-state index in [0.29, 0.717) is 5.95 Å². The number of rotatable bonds is 8. The molecule has 0 unspecified atom stereocenters. The molecule has 1 fully saturated rings. The molecule has 0 atom stereocenters. The van der Waals surface area contributed by atoms with Crippen molar-refractivity contribution in [3.63, 3.8) is 0 Å². The number of aromatic nitrogens is 3. The third kappa shape index (κ3) is 4.79. The van der Waals surface area contributed by atoms with Crippen molar-refractivity contribution in [3.8, 4) is 0 Å². The smallest absolute Gasteiger partial charge is 0.231 e. The molecular formula is C22H31N7. The molecule has 0 bridgehead atoms. The van der Waals surface area contributed by atoms with Crippen LogP contribution >= 0.6 is 0 Å². The van der Waals surface area contributed by atoms with Gasteiger partial charge in [0.15, 0.2) is 0 Å². The Morgan fingerprint density at radius 2 is 1.79 bits per heavy atom. The topological polar surface area (TPSA) is 72.1 Å². The van der Waals surface area contributed by atoms with Crippen LogP contribution in [0.4, 0.5) is 23.1 Å². The lowest BCUT2D eigenvalue weighted by Gasteiger charge is -2.34. The Morgan fingerprint density at radius 3 is 2.55 bits per heavy atom. The summed E-state index contributed by atoms with van der Waals surface area (Å²) in [6, 6.07) is 10.6. The van der Waals surface area contributed by atoms with Gasteiger partial charge in [-0.25, -0.2) is 0 Å². The minimum Gasteiger partial charge on any atom is -0.369 e. The highest BCUT2D eigenvalue weighted by molar-refractivity contribution is 5.88. The lowest BCUT2D eigenvalue weighted by molar-refractivity contribution is 0.313. The Kier molecular flexibility index (Phi) is 6.14. The van der Waals surface area contributed by atoms with Crippen LogP contribution in [-0.4, -0.2) is 59.6 Å². The molecule has 0 spiro atoms. The predicted octanol–water partition coefficient (Wildman–Crippen LogP) is 4.06. The number of aromatic amines is 1. The fourth-order valence-electron chi connectivity index (χ4n) is 3.66. The molecule has 29 heavy (non-hydrogen) atoms. The number of hydrogen-bond acceptors (Lipinski definition) is 6. The van der Waals surface area contributed by atoms with Crippen LogP contribution in [0.25, 0.3) is 11.0 Å². The van der Waals surface area contributed by atoms with Crippen molar-refractivity contribution in [1.29, 1.82) is 0 Å². The quantitative estimate of drug-likeness (QED) is 0.502. The summed E-state index contributed by atoms with van der Waals surface area (Å²) in [6.07, 6.45) is 5.48. The molecule has 3 heterocycles. The molecule has 3 N–H and O–H groups in total. The molecule has 0 amide bonds. The van der Waals surface area contributed by atoms with E-state index in [1.807, 2.05) is 12.3 Å². The number of H-pyrrole nitrogens is 1. The van der Waals surface area contributed by atoms with Crippen LogP contribution in [0.5, 0.6) is 0 Å². The maximum Gasteiger partial charge on any atom is 0.231 e. The van der Waals surface area contributed by atoms with Gasteiger partial charge in [-0.1, -0.05) is 19.8 Å². The molecule has 3 aromatic rings. The van der Waals surface area contributed by atoms with Gasteiger partial charge in [0.05, 0.1) is 5.39 Å². The number of nitrogens with zero attached hydrogens (tertiary/aromatic N) is 4. The summed E-state index contributed by atoms with van der Waals surface area (Å²) in [5.74, 6) is 1.48. The molecule has 0 aliphatic carbocycles.